The maximum atomic E-state index is 12.4. The molecule has 0 aromatic carbocycles. The highest BCUT2D eigenvalue weighted by Gasteiger charge is 2.51. The summed E-state index contributed by atoms with van der Waals surface area (Å²) >= 11 is 0. The summed E-state index contributed by atoms with van der Waals surface area (Å²) in [4.78, 5) is 29.3. The molecule has 0 aromatic heterocycles. The Morgan fingerprint density at radius 3 is 1.22 bits per heavy atom. The number of esters is 2. The third kappa shape index (κ3) is 13.7. The van der Waals surface area contributed by atoms with Gasteiger partial charge in [0.15, 0.2) is 0 Å². The molecule has 0 spiro atoms. The number of likely N-dealkylation sites (N-methyl/N-ethyl adjacent to an activating group) is 2. The molecule has 8 rings (SSSR count). The van der Waals surface area contributed by atoms with Crippen LogP contribution in [0.15, 0.2) is 0 Å². The predicted molar refractivity (Wildman–Crippen MR) is 251 cm³/mol. The Balaban J connectivity index is 0.548. The van der Waals surface area contributed by atoms with Gasteiger partial charge in [0.1, 0.15) is 0 Å². The molecule has 0 aliphatic heterocycles. The summed E-state index contributed by atoms with van der Waals surface area (Å²) in [6.07, 6.45) is 31.2. The number of hydrogen-bond donors (Lipinski definition) is 0. The van der Waals surface area contributed by atoms with Gasteiger partial charge in [-0.15, -0.1) is 0 Å². The fourth-order valence-electron chi connectivity index (χ4n) is 16.0. The largest absolute Gasteiger partial charge is 0.466 e. The van der Waals surface area contributed by atoms with Gasteiger partial charge in [-0.25, -0.2) is 0 Å². The molecule has 0 heterocycles. The topological polar surface area (TPSA) is 96.0 Å². The summed E-state index contributed by atoms with van der Waals surface area (Å²) in [5.41, 5.74) is 0. The zero-order valence-corrected chi connectivity index (χ0v) is 40.7. The van der Waals surface area contributed by atoms with Gasteiger partial charge in [0.25, 0.3) is 0 Å². The molecule has 0 amide bonds. The van der Waals surface area contributed by atoms with Crippen LogP contribution in [0.3, 0.4) is 0 Å². The molecule has 10 heteroatoms. The molecule has 0 saturated heterocycles. The van der Waals surface area contributed by atoms with Crippen molar-refractivity contribution in [3.05, 3.63) is 0 Å². The molecule has 8 saturated carbocycles. The number of rotatable bonds is 25. The van der Waals surface area contributed by atoms with E-state index >= 15 is 0 Å². The molecule has 0 N–H and O–H groups in total. The standard InChI is InChI=1S/C54H92N2O8/c1-55(25-5-29-63-53(57)23-31-61-43-15-21-47-41(37-43)13-19-49-45-9-3-7-39(45)11-17-51(47)49)27-33-59-35-36-60-34-28-56(2)26-6-30-64-54(58)24-32-62-44-16-22-48-42(38-44)14-20-50-46-10-4-8-40(46)12-18-52(48)50/h39-52H,3-38H2,1-2H3. The van der Waals surface area contributed by atoms with Gasteiger partial charge < -0.3 is 38.2 Å². The van der Waals surface area contributed by atoms with Crippen LogP contribution in [0.2, 0.25) is 0 Å². The number of fused-ring (bicyclic) bond motifs is 10. The molecule has 8 aliphatic rings. The van der Waals surface area contributed by atoms with E-state index in [9.17, 15) is 9.59 Å². The molecule has 366 valence electrons. The monoisotopic (exact) mass is 897 g/mol. The van der Waals surface area contributed by atoms with E-state index in [-0.39, 0.29) is 11.9 Å². The van der Waals surface area contributed by atoms with Crippen LogP contribution in [-0.4, -0.2) is 127 Å². The molecular weight excluding hydrogens is 805 g/mol. The second-order valence-corrected chi connectivity index (χ2v) is 22.6. The minimum Gasteiger partial charge on any atom is -0.466 e. The molecule has 8 aliphatic carbocycles. The summed E-state index contributed by atoms with van der Waals surface area (Å²) in [6.45, 7) is 7.71. The van der Waals surface area contributed by atoms with Crippen molar-refractivity contribution in [1.29, 1.82) is 0 Å². The van der Waals surface area contributed by atoms with Gasteiger partial charge >= 0.3 is 11.9 Å². The number of carbonyl (C=O) groups excluding carboxylic acids is 2. The Morgan fingerprint density at radius 2 is 0.781 bits per heavy atom. The van der Waals surface area contributed by atoms with E-state index in [4.69, 9.17) is 28.4 Å². The van der Waals surface area contributed by atoms with Crippen LogP contribution in [0.1, 0.15) is 154 Å². The Labute approximate surface area is 389 Å². The lowest BCUT2D eigenvalue weighted by Crippen LogP contribution is -2.45. The normalized spacial score (nSPS) is 36.7. The van der Waals surface area contributed by atoms with E-state index < -0.39 is 0 Å². The van der Waals surface area contributed by atoms with Crippen molar-refractivity contribution in [1.82, 2.24) is 9.80 Å². The lowest BCUT2D eigenvalue weighted by atomic mass is 9.53. The van der Waals surface area contributed by atoms with E-state index in [1.54, 1.807) is 0 Å². The average Bonchev–Trinajstić information content (AvgIpc) is 4.01. The van der Waals surface area contributed by atoms with Crippen LogP contribution in [0.4, 0.5) is 0 Å². The van der Waals surface area contributed by atoms with Crippen LogP contribution >= 0.6 is 0 Å². The molecule has 14 unspecified atom stereocenters. The van der Waals surface area contributed by atoms with Crippen molar-refractivity contribution < 1.29 is 38.0 Å². The second-order valence-electron chi connectivity index (χ2n) is 22.6. The maximum absolute atomic E-state index is 12.4. The smallest absolute Gasteiger partial charge is 0.308 e. The number of ether oxygens (including phenoxy) is 6. The highest BCUT2D eigenvalue weighted by atomic mass is 16.5. The average molecular weight is 897 g/mol. The van der Waals surface area contributed by atoms with E-state index in [0.29, 0.717) is 77.9 Å². The molecule has 0 bridgehead atoms. The van der Waals surface area contributed by atoms with Crippen molar-refractivity contribution in [3.8, 4) is 0 Å². The van der Waals surface area contributed by atoms with E-state index in [0.717, 1.165) is 110 Å². The van der Waals surface area contributed by atoms with Gasteiger partial charge in [0, 0.05) is 26.2 Å². The summed E-state index contributed by atoms with van der Waals surface area (Å²) in [6, 6.07) is 0. The fourth-order valence-corrected chi connectivity index (χ4v) is 16.0. The van der Waals surface area contributed by atoms with E-state index in [2.05, 4.69) is 23.9 Å². The first kappa shape index (κ1) is 49.1. The number of carbonyl (C=O) groups is 2. The molecule has 8 fully saturated rings. The molecular formula is C54H92N2O8. The number of nitrogens with zero attached hydrogens (tertiary/aromatic N) is 2. The summed E-state index contributed by atoms with van der Waals surface area (Å²) < 4.78 is 35.2. The van der Waals surface area contributed by atoms with Crippen molar-refractivity contribution in [3.63, 3.8) is 0 Å². The minimum absolute atomic E-state index is 0.139. The van der Waals surface area contributed by atoms with Crippen LogP contribution in [0, 0.1) is 71.0 Å². The van der Waals surface area contributed by atoms with Crippen LogP contribution in [0.5, 0.6) is 0 Å². The molecule has 14 atom stereocenters. The van der Waals surface area contributed by atoms with Gasteiger partial charge in [0.05, 0.1) is 77.9 Å². The van der Waals surface area contributed by atoms with E-state index in [1.165, 1.54) is 128 Å². The Kier molecular flexibility index (Phi) is 19.5. The molecule has 0 aromatic rings. The predicted octanol–water partition coefficient (Wildman–Crippen LogP) is 9.61. The first-order chi connectivity index (χ1) is 31.4. The minimum atomic E-state index is -0.139. The summed E-state index contributed by atoms with van der Waals surface area (Å²) in [5.74, 6) is 11.5. The third-order valence-electron chi connectivity index (χ3n) is 19.0. The zero-order chi connectivity index (χ0) is 44.1. The SMILES string of the molecule is CN(CCCOC(=O)CCOC1CCC2C(CCC3C4CCCC4CCC23)C1)CCOCCOCCN(C)CCCOC(=O)CCOC1CCC2C(CCC3C4CCCC4CCC23)C1. The molecule has 10 nitrogen and oxygen atoms in total. The zero-order valence-electron chi connectivity index (χ0n) is 40.7. The highest BCUT2D eigenvalue weighted by molar-refractivity contribution is 5.69. The Bertz CT molecular complexity index is 1300. The lowest BCUT2D eigenvalue weighted by molar-refractivity contribution is -0.147. The second kappa shape index (κ2) is 25.3. The van der Waals surface area contributed by atoms with Gasteiger partial charge in [-0.2, -0.15) is 0 Å². The van der Waals surface area contributed by atoms with Crippen LogP contribution in [0.25, 0.3) is 0 Å². The van der Waals surface area contributed by atoms with Crippen molar-refractivity contribution in [2.45, 2.75) is 166 Å². The summed E-state index contributed by atoms with van der Waals surface area (Å²) in [7, 11) is 4.16. The van der Waals surface area contributed by atoms with Gasteiger partial charge in [-0.3, -0.25) is 9.59 Å². The maximum Gasteiger partial charge on any atom is 0.308 e. The quantitative estimate of drug-likeness (QED) is 0.0652. The summed E-state index contributed by atoms with van der Waals surface area (Å²) in [5, 5.41) is 0. The Morgan fingerprint density at radius 1 is 0.391 bits per heavy atom. The highest BCUT2D eigenvalue weighted by Crippen LogP contribution is 2.59. The fraction of sp³-hybridized carbons (Fsp3) is 0.963. The van der Waals surface area contributed by atoms with Crippen molar-refractivity contribution in [2.24, 2.45) is 71.0 Å². The number of hydrogen-bond acceptors (Lipinski definition) is 10. The lowest BCUT2D eigenvalue weighted by Gasteiger charge is -2.52. The molecule has 64 heavy (non-hydrogen) atoms. The van der Waals surface area contributed by atoms with E-state index in [1.807, 2.05) is 0 Å². The van der Waals surface area contributed by atoms with Crippen molar-refractivity contribution in [2.75, 3.05) is 93.1 Å². The first-order valence-electron chi connectivity index (χ1n) is 27.5. The van der Waals surface area contributed by atoms with Gasteiger partial charge in [0.2, 0.25) is 0 Å². The van der Waals surface area contributed by atoms with Crippen LogP contribution < -0.4 is 0 Å². The van der Waals surface area contributed by atoms with Crippen LogP contribution in [-0.2, 0) is 38.0 Å². The first-order valence-corrected chi connectivity index (χ1v) is 27.5. The van der Waals surface area contributed by atoms with Crippen molar-refractivity contribution >= 4 is 11.9 Å². The molecule has 0 radical (unpaired) electrons. The van der Waals surface area contributed by atoms with Gasteiger partial charge in [-0.05, 0) is 201 Å². The van der Waals surface area contributed by atoms with Gasteiger partial charge in [-0.1, -0.05) is 25.7 Å². The third-order valence-corrected chi connectivity index (χ3v) is 19.0. The Hall–Kier alpha value is -1.30.